The van der Waals surface area contributed by atoms with Crippen molar-refractivity contribution in [1.29, 1.82) is 0 Å². The lowest BCUT2D eigenvalue weighted by atomic mass is 10.2. The van der Waals surface area contributed by atoms with Gasteiger partial charge < -0.3 is 0 Å². The summed E-state index contributed by atoms with van der Waals surface area (Å²) < 4.78 is 23.8. The lowest BCUT2D eigenvalue weighted by molar-refractivity contribution is 0.102. The summed E-state index contributed by atoms with van der Waals surface area (Å²) in [4.78, 5) is 11.9. The van der Waals surface area contributed by atoms with Crippen LogP contribution < -0.4 is 0 Å². The molecule has 3 nitrogen and oxygen atoms in total. The van der Waals surface area contributed by atoms with Crippen LogP contribution in [0.5, 0.6) is 0 Å². The Hall–Kier alpha value is -2.20. The third kappa shape index (κ3) is 4.17. The van der Waals surface area contributed by atoms with Crippen LogP contribution in [0.4, 0.5) is 0 Å². The zero-order valence-electron chi connectivity index (χ0n) is 10.8. The van der Waals surface area contributed by atoms with Gasteiger partial charge in [0.1, 0.15) is 5.75 Å². The van der Waals surface area contributed by atoms with E-state index >= 15 is 0 Å². The van der Waals surface area contributed by atoms with Gasteiger partial charge in [-0.15, -0.1) is 0 Å². The number of sulfone groups is 1. The molecule has 0 aliphatic heterocycles. The number of rotatable bonds is 5. The number of Topliss-reactive ketones (excluding diaryl/α,β-unsaturated/α-hetero) is 1. The molecule has 0 aromatic heterocycles. The minimum Gasteiger partial charge on any atom is -0.293 e. The topological polar surface area (TPSA) is 51.2 Å². The molecule has 0 radical (unpaired) electrons. The van der Waals surface area contributed by atoms with Gasteiger partial charge in [0.05, 0.1) is 0 Å². The van der Waals surface area contributed by atoms with Crippen LogP contribution >= 0.6 is 0 Å². The minimum atomic E-state index is -3.56. The van der Waals surface area contributed by atoms with Crippen LogP contribution in [0.3, 0.4) is 0 Å². The van der Waals surface area contributed by atoms with E-state index in [1.165, 1.54) is 6.08 Å². The molecule has 0 aliphatic rings. The molecule has 0 saturated carbocycles. The van der Waals surface area contributed by atoms with Gasteiger partial charge in [-0.1, -0.05) is 60.7 Å². The molecule has 20 heavy (non-hydrogen) atoms. The summed E-state index contributed by atoms with van der Waals surface area (Å²) in [6.45, 7) is 0. The molecule has 0 unspecified atom stereocenters. The summed E-state index contributed by atoms with van der Waals surface area (Å²) in [7, 11) is -3.56. The quantitative estimate of drug-likeness (QED) is 0.794. The second kappa shape index (κ2) is 6.30. The molecule has 2 rings (SSSR count). The van der Waals surface area contributed by atoms with Gasteiger partial charge in [-0.2, -0.15) is 0 Å². The second-order valence-corrected chi connectivity index (χ2v) is 6.20. The van der Waals surface area contributed by atoms with E-state index in [-0.39, 0.29) is 0 Å². The summed E-state index contributed by atoms with van der Waals surface area (Å²) in [5.41, 5.74) is 1.19. The van der Waals surface area contributed by atoms with Gasteiger partial charge >= 0.3 is 0 Å². The second-order valence-electron chi connectivity index (χ2n) is 4.31. The van der Waals surface area contributed by atoms with Crippen LogP contribution in [-0.2, 0) is 9.84 Å². The Morgan fingerprint density at radius 3 is 2.05 bits per heavy atom. The van der Waals surface area contributed by atoms with E-state index < -0.39 is 21.4 Å². The molecule has 0 amide bonds. The Morgan fingerprint density at radius 1 is 0.900 bits per heavy atom. The van der Waals surface area contributed by atoms with E-state index in [0.717, 1.165) is 11.0 Å². The molecule has 0 atom stereocenters. The molecule has 0 spiro atoms. The number of benzene rings is 2. The summed E-state index contributed by atoms with van der Waals surface area (Å²) in [6.07, 6.45) is 1.49. The summed E-state index contributed by atoms with van der Waals surface area (Å²) in [6, 6.07) is 17.5. The van der Waals surface area contributed by atoms with Crippen LogP contribution in [0.15, 0.2) is 66.1 Å². The van der Waals surface area contributed by atoms with Crippen molar-refractivity contribution in [3.8, 4) is 0 Å². The minimum absolute atomic E-state index is 0.400. The number of hydrogen-bond donors (Lipinski definition) is 0. The van der Waals surface area contributed by atoms with Gasteiger partial charge in [0.25, 0.3) is 0 Å². The van der Waals surface area contributed by atoms with Crippen LogP contribution in [0, 0.1) is 0 Å². The SMILES string of the molecule is O=C(CS(=O)(=O)C=Cc1ccccc1)c1ccccc1. The van der Waals surface area contributed by atoms with Crippen molar-refractivity contribution >= 4 is 21.7 Å². The van der Waals surface area contributed by atoms with Gasteiger partial charge in [0.15, 0.2) is 15.6 Å². The number of carbonyl (C=O) groups is 1. The Bertz CT molecular complexity index is 702. The average Bonchev–Trinajstić information content (AvgIpc) is 2.47. The smallest absolute Gasteiger partial charge is 0.179 e. The molecular weight excluding hydrogens is 272 g/mol. The Balaban J connectivity index is 2.09. The van der Waals surface area contributed by atoms with Crippen molar-refractivity contribution in [2.24, 2.45) is 0 Å². The maximum Gasteiger partial charge on any atom is 0.179 e. The zero-order chi connectivity index (χ0) is 14.4. The fourth-order valence-corrected chi connectivity index (χ4v) is 2.68. The zero-order valence-corrected chi connectivity index (χ0v) is 11.6. The number of hydrogen-bond acceptors (Lipinski definition) is 3. The maximum absolute atomic E-state index is 11.9. The van der Waals surface area contributed by atoms with Crippen LogP contribution in [0.1, 0.15) is 15.9 Å². The van der Waals surface area contributed by atoms with E-state index in [2.05, 4.69) is 0 Å². The number of ketones is 1. The summed E-state index contributed by atoms with van der Waals surface area (Å²) in [5, 5.41) is 1.09. The van der Waals surface area contributed by atoms with E-state index in [9.17, 15) is 13.2 Å². The van der Waals surface area contributed by atoms with Gasteiger partial charge in [-0.25, -0.2) is 8.42 Å². The molecule has 0 bridgehead atoms. The van der Waals surface area contributed by atoms with Crippen molar-refractivity contribution < 1.29 is 13.2 Å². The van der Waals surface area contributed by atoms with Gasteiger partial charge in [0.2, 0.25) is 0 Å². The van der Waals surface area contributed by atoms with Crippen molar-refractivity contribution in [2.45, 2.75) is 0 Å². The van der Waals surface area contributed by atoms with Crippen molar-refractivity contribution in [1.82, 2.24) is 0 Å². The lowest BCUT2D eigenvalue weighted by Gasteiger charge is -1.99. The monoisotopic (exact) mass is 286 g/mol. The highest BCUT2D eigenvalue weighted by Crippen LogP contribution is 2.07. The fourth-order valence-electron chi connectivity index (χ4n) is 1.68. The first kappa shape index (κ1) is 14.2. The third-order valence-electron chi connectivity index (χ3n) is 2.70. The Kier molecular flexibility index (Phi) is 4.48. The normalized spacial score (nSPS) is 11.6. The van der Waals surface area contributed by atoms with Gasteiger partial charge in [-0.05, 0) is 11.6 Å². The van der Waals surface area contributed by atoms with Crippen LogP contribution in [0.2, 0.25) is 0 Å². The van der Waals surface area contributed by atoms with E-state index in [4.69, 9.17) is 0 Å². The summed E-state index contributed by atoms with van der Waals surface area (Å²) in [5.74, 6) is -0.913. The first-order valence-corrected chi connectivity index (χ1v) is 7.82. The Morgan fingerprint density at radius 2 is 1.45 bits per heavy atom. The molecule has 0 saturated heterocycles. The van der Waals surface area contributed by atoms with Crippen LogP contribution in [0.25, 0.3) is 6.08 Å². The molecular formula is C16H14O3S. The van der Waals surface area contributed by atoms with Gasteiger partial charge in [-0.3, -0.25) is 4.79 Å². The molecule has 0 aliphatic carbocycles. The van der Waals surface area contributed by atoms with E-state index in [1.54, 1.807) is 42.5 Å². The largest absolute Gasteiger partial charge is 0.293 e. The highest BCUT2D eigenvalue weighted by molar-refractivity contribution is 7.95. The van der Waals surface area contributed by atoms with Gasteiger partial charge in [0, 0.05) is 11.0 Å². The standard InChI is InChI=1S/C16H14O3S/c17-16(15-9-5-2-6-10-15)13-20(18,19)12-11-14-7-3-1-4-8-14/h1-12H,13H2. The van der Waals surface area contributed by atoms with E-state index in [1.807, 2.05) is 18.2 Å². The summed E-state index contributed by atoms with van der Waals surface area (Å²) >= 11 is 0. The molecule has 0 N–H and O–H groups in total. The average molecular weight is 286 g/mol. The highest BCUT2D eigenvalue weighted by atomic mass is 32.2. The predicted molar refractivity (Wildman–Crippen MR) is 80.0 cm³/mol. The molecule has 0 fully saturated rings. The predicted octanol–water partition coefficient (Wildman–Crippen LogP) is 2.96. The lowest BCUT2D eigenvalue weighted by Crippen LogP contribution is -2.13. The molecule has 0 heterocycles. The van der Waals surface area contributed by atoms with E-state index in [0.29, 0.717) is 5.56 Å². The third-order valence-corrected chi connectivity index (χ3v) is 3.91. The highest BCUT2D eigenvalue weighted by Gasteiger charge is 2.14. The molecule has 4 heteroatoms. The molecule has 2 aromatic rings. The van der Waals surface area contributed by atoms with Crippen molar-refractivity contribution in [2.75, 3.05) is 5.75 Å². The molecule has 102 valence electrons. The first-order chi connectivity index (χ1) is 9.57. The molecule has 2 aromatic carbocycles. The maximum atomic E-state index is 11.9. The van der Waals surface area contributed by atoms with Crippen LogP contribution in [-0.4, -0.2) is 20.0 Å². The Labute approximate surface area is 118 Å². The number of carbonyl (C=O) groups excluding carboxylic acids is 1. The van der Waals surface area contributed by atoms with Crippen molar-refractivity contribution in [3.05, 3.63) is 77.2 Å². The first-order valence-electron chi connectivity index (χ1n) is 6.11. The van der Waals surface area contributed by atoms with Crippen molar-refractivity contribution in [3.63, 3.8) is 0 Å². The fraction of sp³-hybridized carbons (Fsp3) is 0.0625.